The zero-order valence-electron chi connectivity index (χ0n) is 15.3. The zero-order chi connectivity index (χ0) is 18.7. The van der Waals surface area contributed by atoms with Gasteiger partial charge in [0.1, 0.15) is 5.82 Å². The highest BCUT2D eigenvalue weighted by atomic mass is 19.1. The van der Waals surface area contributed by atoms with Gasteiger partial charge in [0.05, 0.1) is 6.04 Å². The van der Waals surface area contributed by atoms with Crippen LogP contribution in [-0.2, 0) is 6.42 Å². The molecular formula is C21H24FN3O. The second-order valence-electron chi connectivity index (χ2n) is 6.80. The van der Waals surface area contributed by atoms with E-state index >= 15 is 0 Å². The summed E-state index contributed by atoms with van der Waals surface area (Å²) in [5, 5.41) is 6.69. The molecule has 0 aliphatic heterocycles. The minimum absolute atomic E-state index is 0.0733. The summed E-state index contributed by atoms with van der Waals surface area (Å²) < 4.78 is 13.4. The van der Waals surface area contributed by atoms with E-state index in [0.717, 1.165) is 22.0 Å². The number of halogens is 1. The summed E-state index contributed by atoms with van der Waals surface area (Å²) in [6.45, 7) is 6.55. The van der Waals surface area contributed by atoms with Crippen molar-refractivity contribution in [2.75, 3.05) is 6.54 Å². The summed E-state index contributed by atoms with van der Waals surface area (Å²) in [4.78, 5) is 15.3. The lowest BCUT2D eigenvalue weighted by atomic mass is 10.0. The number of aryl methyl sites for hydroxylation is 2. The average molecular weight is 353 g/mol. The molecule has 2 amide bonds. The number of hydrogen-bond acceptors (Lipinski definition) is 1. The molecule has 3 rings (SSSR count). The fraction of sp³-hybridized carbons (Fsp3) is 0.286. The predicted octanol–water partition coefficient (Wildman–Crippen LogP) is 4.53. The van der Waals surface area contributed by atoms with Crippen LogP contribution in [0, 0.1) is 19.7 Å². The van der Waals surface area contributed by atoms with Crippen LogP contribution in [0.1, 0.15) is 35.2 Å². The number of fused-ring (bicyclic) bond motifs is 1. The minimum Gasteiger partial charge on any atom is -0.361 e. The zero-order valence-corrected chi connectivity index (χ0v) is 15.3. The van der Waals surface area contributed by atoms with Gasteiger partial charge in [-0.05, 0) is 56.5 Å². The van der Waals surface area contributed by atoms with Crippen LogP contribution >= 0.6 is 0 Å². The Labute approximate surface area is 152 Å². The van der Waals surface area contributed by atoms with Gasteiger partial charge in [0.25, 0.3) is 0 Å². The maximum absolute atomic E-state index is 13.4. The topological polar surface area (TPSA) is 56.9 Å². The number of rotatable bonds is 5. The number of nitrogens with one attached hydrogen (secondary N) is 3. The second-order valence-corrected chi connectivity index (χ2v) is 6.80. The molecule has 1 aromatic heterocycles. The molecule has 5 heteroatoms. The van der Waals surface area contributed by atoms with Crippen LogP contribution in [-0.4, -0.2) is 17.6 Å². The molecule has 1 heterocycles. The van der Waals surface area contributed by atoms with Crippen molar-refractivity contribution in [2.45, 2.75) is 33.2 Å². The highest BCUT2D eigenvalue weighted by Crippen LogP contribution is 2.20. The van der Waals surface area contributed by atoms with Crippen molar-refractivity contribution >= 4 is 16.9 Å². The molecular weight excluding hydrogens is 329 g/mol. The van der Waals surface area contributed by atoms with Gasteiger partial charge in [-0.25, -0.2) is 9.18 Å². The first-order valence-electron chi connectivity index (χ1n) is 8.80. The molecule has 0 aliphatic rings. The van der Waals surface area contributed by atoms with E-state index in [4.69, 9.17) is 0 Å². The van der Waals surface area contributed by atoms with Crippen LogP contribution < -0.4 is 10.6 Å². The molecule has 2 aromatic carbocycles. The van der Waals surface area contributed by atoms with E-state index in [9.17, 15) is 9.18 Å². The van der Waals surface area contributed by atoms with E-state index in [1.165, 1.54) is 23.3 Å². The Hall–Kier alpha value is -2.82. The van der Waals surface area contributed by atoms with Crippen LogP contribution in [0.15, 0.2) is 42.6 Å². The Morgan fingerprint density at radius 1 is 1.15 bits per heavy atom. The molecule has 26 heavy (non-hydrogen) atoms. The van der Waals surface area contributed by atoms with Crippen LogP contribution in [0.2, 0.25) is 0 Å². The number of hydrogen-bond donors (Lipinski definition) is 3. The van der Waals surface area contributed by atoms with E-state index < -0.39 is 0 Å². The quantitative estimate of drug-likeness (QED) is 0.620. The Balaban J connectivity index is 1.54. The average Bonchev–Trinajstić information content (AvgIpc) is 2.96. The predicted molar refractivity (Wildman–Crippen MR) is 103 cm³/mol. The van der Waals surface area contributed by atoms with Crippen LogP contribution in [0.25, 0.3) is 10.9 Å². The van der Waals surface area contributed by atoms with E-state index in [0.29, 0.717) is 13.0 Å². The maximum atomic E-state index is 13.4. The van der Waals surface area contributed by atoms with Gasteiger partial charge in [-0.15, -0.1) is 0 Å². The smallest absolute Gasteiger partial charge is 0.315 e. The monoisotopic (exact) mass is 353 g/mol. The van der Waals surface area contributed by atoms with Gasteiger partial charge < -0.3 is 15.6 Å². The molecule has 0 fully saturated rings. The molecule has 0 spiro atoms. The van der Waals surface area contributed by atoms with E-state index in [-0.39, 0.29) is 17.9 Å². The van der Waals surface area contributed by atoms with E-state index in [1.807, 2.05) is 27.0 Å². The van der Waals surface area contributed by atoms with Gasteiger partial charge >= 0.3 is 6.03 Å². The molecule has 0 aliphatic carbocycles. The first kappa shape index (κ1) is 18.0. The molecule has 0 saturated heterocycles. The van der Waals surface area contributed by atoms with Gasteiger partial charge in [0.2, 0.25) is 0 Å². The number of aromatic amines is 1. The first-order chi connectivity index (χ1) is 12.4. The molecule has 1 unspecified atom stereocenters. The lowest BCUT2D eigenvalue weighted by Crippen LogP contribution is -2.38. The van der Waals surface area contributed by atoms with Crippen LogP contribution in [0.3, 0.4) is 0 Å². The molecule has 4 nitrogen and oxygen atoms in total. The number of carbonyl (C=O) groups is 1. The molecule has 1 atom stereocenters. The fourth-order valence-corrected chi connectivity index (χ4v) is 3.26. The SMILES string of the molecule is Cc1cc(C)cc(C(C)NC(=O)NCCc2c[nH]c3ccc(F)cc23)c1. The lowest BCUT2D eigenvalue weighted by molar-refractivity contribution is 0.238. The number of amides is 2. The van der Waals surface area contributed by atoms with E-state index in [1.54, 1.807) is 6.07 Å². The van der Waals surface area contributed by atoms with E-state index in [2.05, 4.69) is 33.8 Å². The Morgan fingerprint density at radius 3 is 2.62 bits per heavy atom. The summed E-state index contributed by atoms with van der Waals surface area (Å²) >= 11 is 0. The highest BCUT2D eigenvalue weighted by Gasteiger charge is 2.11. The van der Waals surface area contributed by atoms with Crippen LogP contribution in [0.4, 0.5) is 9.18 Å². The molecule has 0 radical (unpaired) electrons. The number of urea groups is 1. The summed E-state index contributed by atoms with van der Waals surface area (Å²) in [6, 6.07) is 10.7. The maximum Gasteiger partial charge on any atom is 0.315 e. The third-order valence-corrected chi connectivity index (χ3v) is 4.50. The van der Waals surface area contributed by atoms with Crippen molar-refractivity contribution in [2.24, 2.45) is 0 Å². The van der Waals surface area contributed by atoms with Gasteiger partial charge in [-0.2, -0.15) is 0 Å². The van der Waals surface area contributed by atoms with Gasteiger partial charge in [-0.3, -0.25) is 0 Å². The largest absolute Gasteiger partial charge is 0.361 e. The van der Waals surface area contributed by atoms with Crippen molar-refractivity contribution in [3.8, 4) is 0 Å². The normalized spacial score (nSPS) is 12.2. The van der Waals surface area contributed by atoms with Crippen molar-refractivity contribution in [3.63, 3.8) is 0 Å². The Kier molecular flexibility index (Phi) is 5.26. The molecule has 3 N–H and O–H groups in total. The summed E-state index contributed by atoms with van der Waals surface area (Å²) in [5.74, 6) is -0.258. The van der Waals surface area contributed by atoms with Crippen LogP contribution in [0.5, 0.6) is 0 Å². The third kappa shape index (κ3) is 4.23. The summed E-state index contributed by atoms with van der Waals surface area (Å²) in [7, 11) is 0. The number of benzene rings is 2. The standard InChI is InChI=1S/C21H24FN3O/c1-13-8-14(2)10-17(9-13)15(3)25-21(26)23-7-6-16-12-24-20-5-4-18(22)11-19(16)20/h4-5,8-12,15,24H,6-7H2,1-3H3,(H2,23,25,26). The number of H-pyrrole nitrogens is 1. The van der Waals surface area contributed by atoms with Crippen molar-refractivity contribution in [3.05, 3.63) is 70.7 Å². The van der Waals surface area contributed by atoms with Crippen molar-refractivity contribution in [1.82, 2.24) is 15.6 Å². The number of aromatic nitrogens is 1. The lowest BCUT2D eigenvalue weighted by Gasteiger charge is -2.16. The minimum atomic E-state index is -0.258. The molecule has 0 saturated carbocycles. The van der Waals surface area contributed by atoms with Gasteiger partial charge in [0.15, 0.2) is 0 Å². The first-order valence-corrected chi connectivity index (χ1v) is 8.80. The van der Waals surface area contributed by atoms with Crippen molar-refractivity contribution < 1.29 is 9.18 Å². The summed E-state index contributed by atoms with van der Waals surface area (Å²) in [6.07, 6.45) is 2.50. The second kappa shape index (κ2) is 7.60. The Bertz CT molecular complexity index is 912. The third-order valence-electron chi connectivity index (χ3n) is 4.50. The number of carbonyl (C=O) groups excluding carboxylic acids is 1. The fourth-order valence-electron chi connectivity index (χ4n) is 3.26. The van der Waals surface area contributed by atoms with Gasteiger partial charge in [-0.1, -0.05) is 29.3 Å². The highest BCUT2D eigenvalue weighted by molar-refractivity contribution is 5.83. The molecule has 136 valence electrons. The van der Waals surface area contributed by atoms with Gasteiger partial charge in [0, 0.05) is 23.6 Å². The Morgan fingerprint density at radius 2 is 1.88 bits per heavy atom. The summed E-state index contributed by atoms with van der Waals surface area (Å²) in [5.41, 5.74) is 5.34. The molecule has 3 aromatic rings. The van der Waals surface area contributed by atoms with Crippen molar-refractivity contribution in [1.29, 1.82) is 0 Å². The molecule has 0 bridgehead atoms.